The van der Waals surface area contributed by atoms with E-state index in [0.717, 1.165) is 30.7 Å². The molecule has 0 saturated carbocycles. The van der Waals surface area contributed by atoms with Crippen LogP contribution in [0.4, 0.5) is 8.78 Å². The van der Waals surface area contributed by atoms with Gasteiger partial charge in [0, 0.05) is 25.6 Å². The van der Waals surface area contributed by atoms with Gasteiger partial charge in [0.15, 0.2) is 11.6 Å². The van der Waals surface area contributed by atoms with Crippen molar-refractivity contribution in [3.8, 4) is 5.75 Å². The van der Waals surface area contributed by atoms with Crippen LogP contribution in [0.3, 0.4) is 0 Å². The predicted octanol–water partition coefficient (Wildman–Crippen LogP) is 3.65. The normalized spacial score (nSPS) is 15.5. The number of unbranched alkanes of at least 4 members (excludes halogenated alkanes) is 1. The summed E-state index contributed by atoms with van der Waals surface area (Å²) in [7, 11) is -3.92. The van der Waals surface area contributed by atoms with Crippen molar-refractivity contribution in [3.05, 3.63) is 59.7 Å². The van der Waals surface area contributed by atoms with Gasteiger partial charge < -0.3 is 10.1 Å². The van der Waals surface area contributed by atoms with Crippen molar-refractivity contribution in [3.63, 3.8) is 0 Å². The van der Waals surface area contributed by atoms with E-state index in [-0.39, 0.29) is 29.8 Å². The van der Waals surface area contributed by atoms with Gasteiger partial charge in [0.2, 0.25) is 15.9 Å². The van der Waals surface area contributed by atoms with Gasteiger partial charge in [0.1, 0.15) is 5.75 Å². The number of benzene rings is 2. The Bertz CT molecular complexity index is 1020. The molecule has 6 nitrogen and oxygen atoms in total. The zero-order valence-electron chi connectivity index (χ0n) is 18.0. The Balaban J connectivity index is 1.36. The fourth-order valence-electron chi connectivity index (χ4n) is 3.55. The molecular formula is C23H28F2N2O4S. The maximum Gasteiger partial charge on any atom is 0.243 e. The molecule has 0 aliphatic carbocycles. The van der Waals surface area contributed by atoms with Crippen LogP contribution in [-0.4, -0.2) is 44.9 Å². The Kier molecular flexibility index (Phi) is 8.20. The van der Waals surface area contributed by atoms with Gasteiger partial charge in [-0.25, -0.2) is 17.2 Å². The first-order valence-electron chi connectivity index (χ1n) is 10.7. The van der Waals surface area contributed by atoms with E-state index in [1.807, 2.05) is 31.2 Å². The quantitative estimate of drug-likeness (QED) is 0.573. The molecule has 9 heteroatoms. The van der Waals surface area contributed by atoms with Gasteiger partial charge >= 0.3 is 0 Å². The zero-order valence-corrected chi connectivity index (χ0v) is 18.8. The van der Waals surface area contributed by atoms with Crippen LogP contribution in [0.15, 0.2) is 47.4 Å². The molecule has 0 radical (unpaired) electrons. The third-order valence-corrected chi connectivity index (χ3v) is 7.41. The van der Waals surface area contributed by atoms with Crippen LogP contribution in [0, 0.1) is 24.5 Å². The van der Waals surface area contributed by atoms with Crippen LogP contribution in [0.25, 0.3) is 0 Å². The van der Waals surface area contributed by atoms with Crippen LogP contribution in [0.1, 0.15) is 31.2 Å². The lowest BCUT2D eigenvalue weighted by Gasteiger charge is -2.30. The van der Waals surface area contributed by atoms with Gasteiger partial charge in [-0.3, -0.25) is 4.79 Å². The average Bonchev–Trinajstić information content (AvgIpc) is 2.79. The lowest BCUT2D eigenvalue weighted by molar-refractivity contribution is -0.126. The number of nitrogens with one attached hydrogen (secondary N) is 1. The number of sulfonamides is 1. The second-order valence-electron chi connectivity index (χ2n) is 7.91. The number of aryl methyl sites for hydroxylation is 1. The molecule has 2 aromatic rings. The van der Waals surface area contributed by atoms with E-state index in [2.05, 4.69) is 5.32 Å². The largest absolute Gasteiger partial charge is 0.494 e. The first-order valence-corrected chi connectivity index (χ1v) is 12.1. The number of piperidine rings is 1. The molecule has 1 amide bonds. The zero-order chi connectivity index (χ0) is 23.1. The molecule has 1 aliphatic rings. The molecule has 174 valence electrons. The highest BCUT2D eigenvalue weighted by atomic mass is 32.2. The van der Waals surface area contributed by atoms with E-state index in [4.69, 9.17) is 4.74 Å². The molecule has 0 aromatic heterocycles. The molecule has 2 aromatic carbocycles. The minimum Gasteiger partial charge on any atom is -0.494 e. The maximum absolute atomic E-state index is 13.4. The molecule has 3 rings (SSSR count). The van der Waals surface area contributed by atoms with Crippen molar-refractivity contribution in [1.82, 2.24) is 9.62 Å². The number of nitrogens with zero attached hydrogens (tertiary/aromatic N) is 1. The Hall–Kier alpha value is -2.52. The molecule has 0 atom stereocenters. The summed E-state index contributed by atoms with van der Waals surface area (Å²) in [4.78, 5) is 12.1. The maximum atomic E-state index is 13.4. The minimum atomic E-state index is -3.92. The van der Waals surface area contributed by atoms with Crippen molar-refractivity contribution < 1.29 is 26.7 Å². The van der Waals surface area contributed by atoms with Gasteiger partial charge in [-0.2, -0.15) is 4.31 Å². The number of hydrogen-bond acceptors (Lipinski definition) is 4. The molecule has 0 unspecified atom stereocenters. The van der Waals surface area contributed by atoms with Gasteiger partial charge in [0.05, 0.1) is 11.5 Å². The van der Waals surface area contributed by atoms with Crippen LogP contribution < -0.4 is 10.1 Å². The molecule has 1 aliphatic heterocycles. The van der Waals surface area contributed by atoms with Crippen molar-refractivity contribution >= 4 is 15.9 Å². The molecule has 32 heavy (non-hydrogen) atoms. The predicted molar refractivity (Wildman–Crippen MR) is 117 cm³/mol. The molecule has 1 N–H and O–H groups in total. The third-order valence-electron chi connectivity index (χ3n) is 5.51. The topological polar surface area (TPSA) is 75.7 Å². The summed E-state index contributed by atoms with van der Waals surface area (Å²) >= 11 is 0. The van der Waals surface area contributed by atoms with Crippen LogP contribution in [-0.2, 0) is 14.8 Å². The van der Waals surface area contributed by atoms with Crippen LogP contribution in [0.2, 0.25) is 0 Å². The van der Waals surface area contributed by atoms with E-state index < -0.39 is 21.7 Å². The van der Waals surface area contributed by atoms with Gasteiger partial charge in [-0.15, -0.1) is 0 Å². The van der Waals surface area contributed by atoms with Gasteiger partial charge in [-0.1, -0.05) is 17.7 Å². The second kappa shape index (κ2) is 10.9. The Morgan fingerprint density at radius 2 is 1.75 bits per heavy atom. The van der Waals surface area contributed by atoms with Crippen molar-refractivity contribution in [2.45, 2.75) is 37.5 Å². The highest BCUT2D eigenvalue weighted by molar-refractivity contribution is 7.89. The van der Waals surface area contributed by atoms with E-state index in [1.165, 1.54) is 9.87 Å². The second-order valence-corrected chi connectivity index (χ2v) is 9.85. The highest BCUT2D eigenvalue weighted by Gasteiger charge is 2.32. The Morgan fingerprint density at radius 1 is 1.06 bits per heavy atom. The lowest BCUT2D eigenvalue weighted by atomic mass is 9.97. The average molecular weight is 467 g/mol. The summed E-state index contributed by atoms with van der Waals surface area (Å²) in [6.07, 6.45) is 2.34. The summed E-state index contributed by atoms with van der Waals surface area (Å²) in [6.45, 7) is 3.43. The monoisotopic (exact) mass is 466 g/mol. The van der Waals surface area contributed by atoms with E-state index >= 15 is 0 Å². The van der Waals surface area contributed by atoms with E-state index in [1.54, 1.807) is 0 Å². The van der Waals surface area contributed by atoms with E-state index in [9.17, 15) is 22.0 Å². The number of halogens is 2. The molecular weight excluding hydrogens is 438 g/mol. The molecule has 1 fully saturated rings. The highest BCUT2D eigenvalue weighted by Crippen LogP contribution is 2.25. The first-order chi connectivity index (χ1) is 15.3. The first kappa shape index (κ1) is 24.1. The van der Waals surface area contributed by atoms with Gasteiger partial charge in [-0.05, 0) is 62.9 Å². The van der Waals surface area contributed by atoms with Gasteiger partial charge in [0.25, 0.3) is 0 Å². The third kappa shape index (κ3) is 6.26. The van der Waals surface area contributed by atoms with Crippen molar-refractivity contribution in [2.75, 3.05) is 26.2 Å². The number of hydrogen-bond donors (Lipinski definition) is 1. The number of carbonyl (C=O) groups is 1. The number of amides is 1. The molecule has 1 saturated heterocycles. The number of carbonyl (C=O) groups excluding carboxylic acids is 1. The lowest BCUT2D eigenvalue weighted by Crippen LogP contribution is -2.43. The number of rotatable bonds is 9. The summed E-state index contributed by atoms with van der Waals surface area (Å²) in [5.74, 6) is -1.83. The summed E-state index contributed by atoms with van der Waals surface area (Å²) in [5.41, 5.74) is 1.17. The standard InChI is InChI=1S/C23H28F2N2O4S/c1-17-4-6-19(7-5-17)31-15-3-2-12-26-23(28)18-10-13-27(14-11-18)32(29,30)20-8-9-21(24)22(25)16-20/h4-9,16,18H,2-3,10-15H2,1H3,(H,26,28). The minimum absolute atomic E-state index is 0.0886. The fourth-order valence-corrected chi connectivity index (χ4v) is 5.03. The smallest absolute Gasteiger partial charge is 0.243 e. The molecule has 1 heterocycles. The fraction of sp³-hybridized carbons (Fsp3) is 0.435. The van der Waals surface area contributed by atoms with Crippen molar-refractivity contribution in [1.29, 1.82) is 0 Å². The molecule has 0 spiro atoms. The SMILES string of the molecule is Cc1ccc(OCCCCNC(=O)C2CCN(S(=O)(=O)c3ccc(F)c(F)c3)CC2)cc1. The summed E-state index contributed by atoms with van der Waals surface area (Å²) in [5, 5.41) is 2.90. The van der Waals surface area contributed by atoms with Crippen LogP contribution in [0.5, 0.6) is 5.75 Å². The number of ether oxygens (including phenoxy) is 1. The van der Waals surface area contributed by atoms with Crippen LogP contribution >= 0.6 is 0 Å². The Labute approximate surface area is 187 Å². The Morgan fingerprint density at radius 3 is 2.41 bits per heavy atom. The molecule has 0 bridgehead atoms. The van der Waals surface area contributed by atoms with Crippen molar-refractivity contribution in [2.24, 2.45) is 5.92 Å². The van der Waals surface area contributed by atoms with E-state index in [0.29, 0.717) is 32.1 Å². The summed E-state index contributed by atoms with van der Waals surface area (Å²) < 4.78 is 58.7. The summed E-state index contributed by atoms with van der Waals surface area (Å²) in [6, 6.07) is 10.4.